The molecule has 2 aromatic carbocycles. The van der Waals surface area contributed by atoms with Gasteiger partial charge in [-0.05, 0) is 47.9 Å². The molecule has 0 atom stereocenters. The van der Waals surface area contributed by atoms with Crippen LogP contribution in [0.5, 0.6) is 11.5 Å². The number of carbonyl (C=O) groups excluding carboxylic acids is 1. The molecule has 0 aliphatic carbocycles. The smallest absolute Gasteiger partial charge is 0.302 e. The minimum atomic E-state index is -0.315. The molecule has 0 aliphatic rings. The van der Waals surface area contributed by atoms with E-state index >= 15 is 0 Å². The maximum absolute atomic E-state index is 11.1. The summed E-state index contributed by atoms with van der Waals surface area (Å²) < 4.78 is 18.3. The van der Waals surface area contributed by atoms with E-state index in [4.69, 9.17) is 21.1 Å². The fraction of sp³-hybridized carbons (Fsp3) is 0.130. The summed E-state index contributed by atoms with van der Waals surface area (Å²) in [5, 5.41) is 4.70. The van der Waals surface area contributed by atoms with Crippen LogP contribution >= 0.6 is 35.5 Å². The molecule has 34 heavy (non-hydrogen) atoms. The van der Waals surface area contributed by atoms with Crippen molar-refractivity contribution in [2.45, 2.75) is 13.5 Å². The van der Waals surface area contributed by atoms with Crippen LogP contribution in [0.3, 0.4) is 0 Å². The highest BCUT2D eigenvalue weighted by Crippen LogP contribution is 2.36. The average Bonchev–Trinajstić information content (AvgIpc) is 3.44. The standard InChI is InChI=1S/C23H18ClN5O3S.ClH/c1-14(30)31-10-9-29-8-7-18-22(29)23(26-13-25-18)28-15-5-6-20(17(24)11-15)32-19-3-2-4-21-16(19)12-27-33-21;/h2-8,11-13H,9-10H2,1H3,(H,25,26,28);1H. The van der Waals surface area contributed by atoms with E-state index in [1.165, 1.54) is 24.8 Å². The van der Waals surface area contributed by atoms with Crippen molar-refractivity contribution >= 4 is 74.1 Å². The zero-order valence-corrected chi connectivity index (χ0v) is 20.3. The van der Waals surface area contributed by atoms with E-state index in [0.717, 1.165) is 26.8 Å². The number of fused-ring (bicyclic) bond motifs is 2. The Kier molecular flexibility index (Phi) is 7.16. The Bertz CT molecular complexity index is 1470. The van der Waals surface area contributed by atoms with Gasteiger partial charge in [-0.1, -0.05) is 17.7 Å². The third-order valence-corrected chi connectivity index (χ3v) is 6.02. The van der Waals surface area contributed by atoms with Gasteiger partial charge in [0.05, 0.1) is 33.4 Å². The molecule has 0 radical (unpaired) electrons. The van der Waals surface area contributed by atoms with E-state index in [2.05, 4.69) is 19.7 Å². The second-order valence-corrected chi connectivity index (χ2v) is 8.41. The molecule has 0 spiro atoms. The van der Waals surface area contributed by atoms with Crippen LogP contribution in [-0.2, 0) is 16.1 Å². The van der Waals surface area contributed by atoms with Gasteiger partial charge in [0.15, 0.2) is 5.82 Å². The van der Waals surface area contributed by atoms with Gasteiger partial charge in [0, 0.05) is 18.8 Å². The summed E-state index contributed by atoms with van der Waals surface area (Å²) in [6, 6.07) is 13.2. The molecular weight excluding hydrogens is 497 g/mol. The first-order valence-corrected chi connectivity index (χ1v) is 11.2. The van der Waals surface area contributed by atoms with Gasteiger partial charge in [-0.2, -0.15) is 4.37 Å². The molecule has 5 rings (SSSR count). The summed E-state index contributed by atoms with van der Waals surface area (Å²) >= 11 is 7.95. The molecule has 0 saturated carbocycles. The van der Waals surface area contributed by atoms with Crippen molar-refractivity contribution in [2.24, 2.45) is 0 Å². The van der Waals surface area contributed by atoms with E-state index in [9.17, 15) is 4.79 Å². The van der Waals surface area contributed by atoms with Crippen LogP contribution < -0.4 is 10.1 Å². The van der Waals surface area contributed by atoms with Gasteiger partial charge >= 0.3 is 5.97 Å². The first-order chi connectivity index (χ1) is 16.1. The summed E-state index contributed by atoms with van der Waals surface area (Å²) in [4.78, 5) is 19.8. The molecule has 0 amide bonds. The number of benzene rings is 2. The van der Waals surface area contributed by atoms with Gasteiger partial charge in [0.1, 0.15) is 29.9 Å². The molecular formula is C23H19Cl2N5O3S. The number of aromatic nitrogens is 4. The summed E-state index contributed by atoms with van der Waals surface area (Å²) in [5.74, 6) is 1.54. The van der Waals surface area contributed by atoms with Crippen LogP contribution in [-0.4, -0.2) is 31.5 Å². The Morgan fingerprint density at radius 3 is 2.88 bits per heavy atom. The largest absolute Gasteiger partial charge is 0.464 e. The first kappa shape index (κ1) is 23.7. The lowest BCUT2D eigenvalue weighted by Gasteiger charge is -2.13. The normalized spacial score (nSPS) is 10.8. The molecule has 5 aromatic rings. The predicted octanol–water partition coefficient (Wildman–Crippen LogP) is 6.22. The molecule has 11 heteroatoms. The van der Waals surface area contributed by atoms with Crippen molar-refractivity contribution in [1.82, 2.24) is 18.9 Å². The molecule has 3 aromatic heterocycles. The number of hydrogen-bond donors (Lipinski definition) is 1. The van der Waals surface area contributed by atoms with Gasteiger partial charge < -0.3 is 19.4 Å². The second-order valence-electron chi connectivity index (χ2n) is 7.17. The summed E-state index contributed by atoms with van der Waals surface area (Å²) in [6.07, 6.45) is 5.17. The van der Waals surface area contributed by atoms with E-state index in [1.807, 2.05) is 41.1 Å². The monoisotopic (exact) mass is 515 g/mol. The number of ether oxygens (including phenoxy) is 2. The van der Waals surface area contributed by atoms with Crippen LogP contribution in [0.4, 0.5) is 11.5 Å². The molecule has 3 heterocycles. The van der Waals surface area contributed by atoms with Crippen LogP contribution in [0, 0.1) is 0 Å². The van der Waals surface area contributed by atoms with Crippen LogP contribution in [0.15, 0.2) is 61.2 Å². The highest BCUT2D eigenvalue weighted by atomic mass is 35.5. The van der Waals surface area contributed by atoms with Crippen LogP contribution in [0.1, 0.15) is 6.92 Å². The molecule has 0 bridgehead atoms. The SMILES string of the molecule is CC(=O)OCCn1ccc2ncnc(Nc3ccc(Oc4cccc5sncc45)c(Cl)c3)c21.Cl. The summed E-state index contributed by atoms with van der Waals surface area (Å²) in [6.45, 7) is 2.14. The van der Waals surface area contributed by atoms with Crippen molar-refractivity contribution in [3.05, 3.63) is 66.2 Å². The highest BCUT2D eigenvalue weighted by Gasteiger charge is 2.12. The fourth-order valence-electron chi connectivity index (χ4n) is 3.47. The van der Waals surface area contributed by atoms with Crippen molar-refractivity contribution < 1.29 is 14.3 Å². The van der Waals surface area contributed by atoms with Gasteiger partial charge in [-0.15, -0.1) is 12.4 Å². The molecule has 1 N–H and O–H groups in total. The Balaban J connectivity index is 0.00000274. The number of halogens is 2. The maximum atomic E-state index is 11.1. The Morgan fingerprint density at radius 2 is 2.06 bits per heavy atom. The third-order valence-electron chi connectivity index (χ3n) is 4.96. The summed E-state index contributed by atoms with van der Waals surface area (Å²) in [5.41, 5.74) is 2.33. The van der Waals surface area contributed by atoms with Crippen LogP contribution in [0.2, 0.25) is 5.02 Å². The predicted molar refractivity (Wildman–Crippen MR) is 136 cm³/mol. The average molecular weight is 516 g/mol. The molecule has 0 fully saturated rings. The van der Waals surface area contributed by atoms with Crippen molar-refractivity contribution in [3.63, 3.8) is 0 Å². The quantitative estimate of drug-likeness (QED) is 0.257. The van der Waals surface area contributed by atoms with E-state index in [-0.39, 0.29) is 25.0 Å². The van der Waals surface area contributed by atoms with Crippen molar-refractivity contribution in [1.29, 1.82) is 0 Å². The van der Waals surface area contributed by atoms with Gasteiger partial charge in [-0.3, -0.25) is 4.79 Å². The molecule has 174 valence electrons. The third kappa shape index (κ3) is 4.91. The van der Waals surface area contributed by atoms with E-state index < -0.39 is 0 Å². The minimum Gasteiger partial charge on any atom is -0.464 e. The molecule has 0 unspecified atom stereocenters. The van der Waals surface area contributed by atoms with Crippen LogP contribution in [0.25, 0.3) is 21.1 Å². The lowest BCUT2D eigenvalue weighted by Crippen LogP contribution is -2.09. The lowest BCUT2D eigenvalue weighted by molar-refractivity contribution is -0.141. The van der Waals surface area contributed by atoms with Gasteiger partial charge in [0.2, 0.25) is 0 Å². The van der Waals surface area contributed by atoms with Crippen molar-refractivity contribution in [3.8, 4) is 11.5 Å². The van der Waals surface area contributed by atoms with E-state index in [0.29, 0.717) is 28.9 Å². The molecule has 8 nitrogen and oxygen atoms in total. The van der Waals surface area contributed by atoms with Crippen molar-refractivity contribution in [2.75, 3.05) is 11.9 Å². The summed E-state index contributed by atoms with van der Waals surface area (Å²) in [7, 11) is 0. The minimum absolute atomic E-state index is 0. The first-order valence-electron chi connectivity index (χ1n) is 10.1. The Hall–Kier alpha value is -3.40. The topological polar surface area (TPSA) is 91.2 Å². The lowest BCUT2D eigenvalue weighted by atomic mass is 10.2. The number of rotatable bonds is 7. The molecule has 0 saturated heterocycles. The fourth-order valence-corrected chi connectivity index (χ4v) is 4.35. The molecule has 0 aliphatic heterocycles. The van der Waals surface area contributed by atoms with Gasteiger partial charge in [-0.25, -0.2) is 9.97 Å². The second kappa shape index (κ2) is 10.3. The zero-order valence-electron chi connectivity index (χ0n) is 17.9. The zero-order chi connectivity index (χ0) is 22.8. The number of hydrogen-bond acceptors (Lipinski definition) is 8. The Labute approximate surface area is 210 Å². The highest BCUT2D eigenvalue weighted by molar-refractivity contribution is 7.13. The number of carbonyl (C=O) groups is 1. The maximum Gasteiger partial charge on any atom is 0.302 e. The number of esters is 1. The number of nitrogens with one attached hydrogen (secondary N) is 1. The number of anilines is 2. The number of nitrogens with zero attached hydrogens (tertiary/aromatic N) is 4. The van der Waals surface area contributed by atoms with E-state index in [1.54, 1.807) is 18.3 Å². The van der Waals surface area contributed by atoms with Gasteiger partial charge in [0.25, 0.3) is 0 Å². The Morgan fingerprint density at radius 1 is 1.18 bits per heavy atom.